The van der Waals surface area contributed by atoms with Crippen molar-refractivity contribution in [2.75, 3.05) is 25.1 Å². The number of nitrogens with one attached hydrogen (secondary N) is 1. The Balaban J connectivity index is 1.81. The van der Waals surface area contributed by atoms with Crippen molar-refractivity contribution >= 4 is 16.7 Å². The second-order valence-corrected chi connectivity index (χ2v) is 4.97. The molecule has 106 valence electrons. The van der Waals surface area contributed by atoms with E-state index in [4.69, 9.17) is 4.74 Å². The van der Waals surface area contributed by atoms with Crippen LogP contribution in [0.5, 0.6) is 0 Å². The molecule has 0 spiro atoms. The van der Waals surface area contributed by atoms with Crippen LogP contribution < -0.4 is 5.32 Å². The first-order valence-corrected chi connectivity index (χ1v) is 6.65. The molecule has 0 radical (unpaired) electrons. The van der Waals surface area contributed by atoms with Crippen LogP contribution in [0.2, 0.25) is 0 Å². The van der Waals surface area contributed by atoms with Crippen LogP contribution in [-0.4, -0.2) is 29.7 Å². The first-order chi connectivity index (χ1) is 9.74. The van der Waals surface area contributed by atoms with Gasteiger partial charge in [-0.25, -0.2) is 18.7 Å². The van der Waals surface area contributed by atoms with Gasteiger partial charge in [0.25, 0.3) is 0 Å². The molecule has 1 atom stereocenters. The molecule has 1 aromatic heterocycles. The monoisotopic (exact) mass is 279 g/mol. The van der Waals surface area contributed by atoms with E-state index in [-0.39, 0.29) is 0 Å². The van der Waals surface area contributed by atoms with E-state index in [2.05, 4.69) is 15.3 Å². The highest BCUT2D eigenvalue weighted by atomic mass is 19.2. The molecular weight excluding hydrogens is 264 g/mol. The van der Waals surface area contributed by atoms with E-state index in [1.165, 1.54) is 6.33 Å². The Kier molecular flexibility index (Phi) is 3.73. The molecule has 0 unspecified atom stereocenters. The first-order valence-electron chi connectivity index (χ1n) is 6.65. The smallest absolute Gasteiger partial charge is 0.161 e. The Morgan fingerprint density at radius 3 is 2.90 bits per heavy atom. The molecule has 4 nitrogen and oxygen atoms in total. The topological polar surface area (TPSA) is 47.0 Å². The molecule has 6 heteroatoms. The number of anilines is 1. The molecule has 0 amide bonds. The Labute approximate surface area is 115 Å². The summed E-state index contributed by atoms with van der Waals surface area (Å²) in [6.07, 6.45) is 3.50. The zero-order valence-electron chi connectivity index (χ0n) is 10.9. The van der Waals surface area contributed by atoms with Crippen LogP contribution in [0.25, 0.3) is 10.9 Å². The molecule has 3 rings (SSSR count). The number of ether oxygens (including phenoxy) is 1. The summed E-state index contributed by atoms with van der Waals surface area (Å²) in [7, 11) is 0. The Hall–Kier alpha value is -1.82. The van der Waals surface area contributed by atoms with Crippen molar-refractivity contribution in [1.82, 2.24) is 9.97 Å². The number of nitrogens with zero attached hydrogens (tertiary/aromatic N) is 2. The molecule has 0 saturated carbocycles. The third kappa shape index (κ3) is 2.70. The van der Waals surface area contributed by atoms with Crippen molar-refractivity contribution in [2.24, 2.45) is 5.92 Å². The lowest BCUT2D eigenvalue weighted by Crippen LogP contribution is -2.24. The third-order valence-corrected chi connectivity index (χ3v) is 3.49. The number of aromatic nitrogens is 2. The van der Waals surface area contributed by atoms with Crippen molar-refractivity contribution in [1.29, 1.82) is 0 Å². The summed E-state index contributed by atoms with van der Waals surface area (Å²) in [4.78, 5) is 8.07. The van der Waals surface area contributed by atoms with E-state index in [0.717, 1.165) is 38.2 Å². The summed E-state index contributed by atoms with van der Waals surface area (Å²) in [5.74, 6) is -0.849. The Morgan fingerprint density at radius 1 is 1.25 bits per heavy atom. The van der Waals surface area contributed by atoms with E-state index in [1.807, 2.05) is 0 Å². The van der Waals surface area contributed by atoms with Gasteiger partial charge >= 0.3 is 0 Å². The molecule has 1 N–H and O–H groups in total. The minimum Gasteiger partial charge on any atom is -0.381 e. The molecule has 2 heterocycles. The lowest BCUT2D eigenvalue weighted by atomic mass is 10.0. The third-order valence-electron chi connectivity index (χ3n) is 3.49. The van der Waals surface area contributed by atoms with Gasteiger partial charge < -0.3 is 10.1 Å². The molecule has 20 heavy (non-hydrogen) atoms. The van der Waals surface area contributed by atoms with E-state index < -0.39 is 11.6 Å². The summed E-state index contributed by atoms with van der Waals surface area (Å²) in [6.45, 7) is 2.24. The van der Waals surface area contributed by atoms with Crippen LogP contribution in [0.1, 0.15) is 12.8 Å². The second kappa shape index (κ2) is 5.66. The van der Waals surface area contributed by atoms with Gasteiger partial charge in [0, 0.05) is 24.6 Å². The minimum atomic E-state index is -0.900. The van der Waals surface area contributed by atoms with Gasteiger partial charge in [0.2, 0.25) is 0 Å². The van der Waals surface area contributed by atoms with Gasteiger partial charge in [-0.05, 0) is 24.8 Å². The summed E-state index contributed by atoms with van der Waals surface area (Å²) >= 11 is 0. The number of fused-ring (bicyclic) bond motifs is 1. The van der Waals surface area contributed by atoms with Crippen LogP contribution in [0.3, 0.4) is 0 Å². The summed E-state index contributed by atoms with van der Waals surface area (Å²) in [6, 6.07) is 2.21. The highest BCUT2D eigenvalue weighted by Crippen LogP contribution is 2.23. The number of halogens is 2. The molecule has 1 aromatic carbocycles. The predicted molar refractivity (Wildman–Crippen MR) is 71.5 cm³/mol. The SMILES string of the molecule is Fc1cc2ncnc(NC[C@@H]3CCCOC3)c2cc1F. The number of benzene rings is 1. The summed E-state index contributed by atoms with van der Waals surface area (Å²) < 4.78 is 31.9. The van der Waals surface area contributed by atoms with E-state index in [9.17, 15) is 8.78 Å². The fourth-order valence-electron chi connectivity index (χ4n) is 2.40. The van der Waals surface area contributed by atoms with Crippen LogP contribution in [0, 0.1) is 17.6 Å². The van der Waals surface area contributed by atoms with Crippen molar-refractivity contribution in [2.45, 2.75) is 12.8 Å². The molecule has 0 bridgehead atoms. The fourth-order valence-corrected chi connectivity index (χ4v) is 2.40. The van der Waals surface area contributed by atoms with Crippen molar-refractivity contribution in [3.05, 3.63) is 30.1 Å². The minimum absolute atomic E-state index is 0.390. The predicted octanol–water partition coefficient (Wildman–Crippen LogP) is 2.75. The highest BCUT2D eigenvalue weighted by molar-refractivity contribution is 5.88. The van der Waals surface area contributed by atoms with Crippen LogP contribution >= 0.6 is 0 Å². The molecular formula is C14H15F2N3O. The Bertz CT molecular complexity index is 615. The number of hydrogen-bond acceptors (Lipinski definition) is 4. The normalized spacial score (nSPS) is 19.2. The fraction of sp³-hybridized carbons (Fsp3) is 0.429. The van der Waals surface area contributed by atoms with Gasteiger partial charge in [-0.3, -0.25) is 0 Å². The molecule has 1 aliphatic heterocycles. The lowest BCUT2D eigenvalue weighted by molar-refractivity contribution is 0.0595. The standard InChI is InChI=1S/C14H15F2N3O/c15-11-4-10-13(5-12(11)16)18-8-19-14(10)17-6-9-2-1-3-20-7-9/h4-5,8-9H,1-3,6-7H2,(H,17,18,19)/t9-/m0/s1. The molecule has 2 aromatic rings. The second-order valence-electron chi connectivity index (χ2n) is 4.97. The zero-order valence-corrected chi connectivity index (χ0v) is 10.9. The van der Waals surface area contributed by atoms with Gasteiger partial charge in [0.15, 0.2) is 11.6 Å². The first kappa shape index (κ1) is 13.2. The lowest BCUT2D eigenvalue weighted by Gasteiger charge is -2.22. The van der Waals surface area contributed by atoms with Gasteiger partial charge in [-0.2, -0.15) is 0 Å². The van der Waals surface area contributed by atoms with Gasteiger partial charge in [-0.15, -0.1) is 0 Å². The van der Waals surface area contributed by atoms with Crippen LogP contribution in [0.15, 0.2) is 18.5 Å². The Morgan fingerprint density at radius 2 is 2.10 bits per heavy atom. The summed E-state index contributed by atoms with van der Waals surface area (Å²) in [5, 5.41) is 3.67. The van der Waals surface area contributed by atoms with Crippen molar-refractivity contribution in [3.8, 4) is 0 Å². The number of rotatable bonds is 3. The van der Waals surface area contributed by atoms with Crippen molar-refractivity contribution in [3.63, 3.8) is 0 Å². The number of hydrogen-bond donors (Lipinski definition) is 1. The quantitative estimate of drug-likeness (QED) is 0.938. The molecule has 1 aliphatic rings. The average Bonchev–Trinajstić information content (AvgIpc) is 2.47. The van der Waals surface area contributed by atoms with E-state index in [0.29, 0.717) is 29.2 Å². The molecule has 1 saturated heterocycles. The zero-order chi connectivity index (χ0) is 13.9. The summed E-state index contributed by atoms with van der Waals surface area (Å²) in [5.41, 5.74) is 0.390. The van der Waals surface area contributed by atoms with Crippen molar-refractivity contribution < 1.29 is 13.5 Å². The molecule has 1 fully saturated rings. The highest BCUT2D eigenvalue weighted by Gasteiger charge is 2.15. The average molecular weight is 279 g/mol. The maximum atomic E-state index is 13.3. The maximum Gasteiger partial charge on any atom is 0.161 e. The maximum absolute atomic E-state index is 13.3. The van der Waals surface area contributed by atoms with Crippen LogP contribution in [0.4, 0.5) is 14.6 Å². The van der Waals surface area contributed by atoms with Gasteiger partial charge in [0.1, 0.15) is 12.1 Å². The molecule has 0 aliphatic carbocycles. The van der Waals surface area contributed by atoms with Gasteiger partial charge in [0.05, 0.1) is 12.1 Å². The van der Waals surface area contributed by atoms with Crippen LogP contribution in [-0.2, 0) is 4.74 Å². The van der Waals surface area contributed by atoms with E-state index in [1.54, 1.807) is 0 Å². The van der Waals surface area contributed by atoms with E-state index >= 15 is 0 Å². The largest absolute Gasteiger partial charge is 0.381 e. The van der Waals surface area contributed by atoms with Gasteiger partial charge in [-0.1, -0.05) is 0 Å².